The molecule has 0 spiro atoms. The Morgan fingerprint density at radius 2 is 1.94 bits per heavy atom. The van der Waals surface area contributed by atoms with Crippen LogP contribution in [0.3, 0.4) is 0 Å². The lowest BCUT2D eigenvalue weighted by atomic mass is 9.96. The molecule has 0 aliphatic rings. The van der Waals surface area contributed by atoms with Crippen LogP contribution >= 0.6 is 0 Å². The fourth-order valence-corrected chi connectivity index (χ4v) is 2.04. The number of nitrogens with zero attached hydrogens (tertiary/aromatic N) is 2. The lowest BCUT2D eigenvalue weighted by molar-refractivity contribution is 0.345. The van der Waals surface area contributed by atoms with E-state index in [-0.39, 0.29) is 5.41 Å². The lowest BCUT2D eigenvalue weighted by Crippen LogP contribution is -2.15. The molecule has 2 rings (SSSR count). The molecule has 0 saturated heterocycles. The van der Waals surface area contributed by atoms with Gasteiger partial charge < -0.3 is 9.30 Å². The van der Waals surface area contributed by atoms with Crippen LogP contribution in [0.2, 0.25) is 0 Å². The molecule has 3 nitrogen and oxygen atoms in total. The molecule has 0 atom stereocenters. The largest absolute Gasteiger partial charge is 0.496 e. The Morgan fingerprint density at radius 1 is 1.22 bits per heavy atom. The van der Waals surface area contributed by atoms with E-state index in [1.807, 2.05) is 30.7 Å². The molecule has 1 aromatic heterocycles. The molecule has 0 fully saturated rings. The summed E-state index contributed by atoms with van der Waals surface area (Å²) in [7, 11) is 1.70. The predicted molar refractivity (Wildman–Crippen MR) is 73.7 cm³/mol. The predicted octanol–water partition coefficient (Wildman–Crippen LogP) is 3.60. The van der Waals surface area contributed by atoms with Crippen LogP contribution in [-0.4, -0.2) is 16.7 Å². The van der Waals surface area contributed by atoms with Gasteiger partial charge in [-0.05, 0) is 17.5 Å². The molecule has 1 heterocycles. The molecule has 3 heteroatoms. The minimum Gasteiger partial charge on any atom is -0.496 e. The molecule has 96 valence electrons. The standard InChI is InChI=1S/C15H20N2O/c1-15(2,3)10-17-11-16-9-13(17)12-7-5-6-8-14(12)18-4/h5-9,11H,10H2,1-4H3. The van der Waals surface area contributed by atoms with Gasteiger partial charge in [0.05, 0.1) is 25.3 Å². The van der Waals surface area contributed by atoms with Gasteiger partial charge in [-0.25, -0.2) is 4.98 Å². The van der Waals surface area contributed by atoms with E-state index in [9.17, 15) is 0 Å². The van der Waals surface area contributed by atoms with Gasteiger partial charge in [0.1, 0.15) is 5.75 Å². The molecule has 0 bridgehead atoms. The van der Waals surface area contributed by atoms with Crippen LogP contribution < -0.4 is 4.74 Å². The fourth-order valence-electron chi connectivity index (χ4n) is 2.04. The topological polar surface area (TPSA) is 27.1 Å². The van der Waals surface area contributed by atoms with E-state index in [2.05, 4.69) is 36.4 Å². The van der Waals surface area contributed by atoms with Crippen LogP contribution in [0.25, 0.3) is 11.3 Å². The second-order valence-electron chi connectivity index (χ2n) is 5.67. The number of imidazole rings is 1. The second kappa shape index (κ2) is 4.84. The van der Waals surface area contributed by atoms with Crippen molar-refractivity contribution < 1.29 is 4.74 Å². The Bertz CT molecular complexity index is 523. The Balaban J connectivity index is 2.42. The molecule has 0 aliphatic heterocycles. The van der Waals surface area contributed by atoms with Crippen molar-refractivity contribution in [3.05, 3.63) is 36.8 Å². The molecular weight excluding hydrogens is 224 g/mol. The second-order valence-corrected chi connectivity index (χ2v) is 5.67. The number of benzene rings is 1. The highest BCUT2D eigenvalue weighted by Crippen LogP contribution is 2.30. The van der Waals surface area contributed by atoms with Crippen molar-refractivity contribution >= 4 is 0 Å². The fraction of sp³-hybridized carbons (Fsp3) is 0.400. The summed E-state index contributed by atoms with van der Waals surface area (Å²) in [6.45, 7) is 7.59. The van der Waals surface area contributed by atoms with E-state index >= 15 is 0 Å². The van der Waals surface area contributed by atoms with E-state index in [1.165, 1.54) is 0 Å². The summed E-state index contributed by atoms with van der Waals surface area (Å²) in [5, 5.41) is 0. The zero-order chi connectivity index (χ0) is 13.2. The minimum absolute atomic E-state index is 0.220. The number of hydrogen-bond acceptors (Lipinski definition) is 2. The summed E-state index contributed by atoms with van der Waals surface area (Å²) in [6.07, 6.45) is 3.77. The average molecular weight is 244 g/mol. The van der Waals surface area contributed by atoms with Crippen molar-refractivity contribution in [3.8, 4) is 17.0 Å². The van der Waals surface area contributed by atoms with Gasteiger partial charge in [-0.2, -0.15) is 0 Å². The molecule has 2 aromatic rings. The molecule has 18 heavy (non-hydrogen) atoms. The van der Waals surface area contributed by atoms with Gasteiger partial charge >= 0.3 is 0 Å². The molecule has 0 amide bonds. The highest BCUT2D eigenvalue weighted by molar-refractivity contribution is 5.66. The SMILES string of the molecule is COc1ccccc1-c1cncn1CC(C)(C)C. The van der Waals surface area contributed by atoms with Gasteiger partial charge in [-0.15, -0.1) is 0 Å². The van der Waals surface area contributed by atoms with Crippen molar-refractivity contribution in [3.63, 3.8) is 0 Å². The number of methoxy groups -OCH3 is 1. The van der Waals surface area contributed by atoms with Gasteiger partial charge in [-0.3, -0.25) is 0 Å². The Kier molecular flexibility index (Phi) is 3.41. The summed E-state index contributed by atoms with van der Waals surface area (Å²) in [4.78, 5) is 4.27. The highest BCUT2D eigenvalue weighted by atomic mass is 16.5. The van der Waals surface area contributed by atoms with Crippen LogP contribution in [0.1, 0.15) is 20.8 Å². The summed E-state index contributed by atoms with van der Waals surface area (Å²) in [5.74, 6) is 0.883. The smallest absolute Gasteiger partial charge is 0.128 e. The monoisotopic (exact) mass is 244 g/mol. The highest BCUT2D eigenvalue weighted by Gasteiger charge is 2.15. The summed E-state index contributed by atoms with van der Waals surface area (Å²) in [6, 6.07) is 8.04. The van der Waals surface area contributed by atoms with Gasteiger partial charge in [0.25, 0.3) is 0 Å². The zero-order valence-corrected chi connectivity index (χ0v) is 11.5. The number of aromatic nitrogens is 2. The summed E-state index contributed by atoms with van der Waals surface area (Å²) < 4.78 is 7.59. The number of para-hydroxylation sites is 1. The summed E-state index contributed by atoms with van der Waals surface area (Å²) in [5.41, 5.74) is 2.40. The first-order chi connectivity index (χ1) is 8.51. The van der Waals surface area contributed by atoms with E-state index < -0.39 is 0 Å². The maximum absolute atomic E-state index is 5.41. The molecule has 0 N–H and O–H groups in total. The Hall–Kier alpha value is -1.77. The molecule has 0 aliphatic carbocycles. The van der Waals surface area contributed by atoms with Crippen LogP contribution in [0.5, 0.6) is 5.75 Å². The van der Waals surface area contributed by atoms with Crippen LogP contribution in [0, 0.1) is 5.41 Å². The number of hydrogen-bond donors (Lipinski definition) is 0. The van der Waals surface area contributed by atoms with Crippen molar-refractivity contribution in [1.29, 1.82) is 0 Å². The third-order valence-corrected chi connectivity index (χ3v) is 2.74. The first kappa shape index (κ1) is 12.7. The molecule has 0 saturated carbocycles. The van der Waals surface area contributed by atoms with E-state index in [4.69, 9.17) is 4.74 Å². The normalized spacial score (nSPS) is 11.6. The lowest BCUT2D eigenvalue weighted by Gasteiger charge is -2.21. The maximum atomic E-state index is 5.41. The van der Waals surface area contributed by atoms with Crippen LogP contribution in [0.4, 0.5) is 0 Å². The molecule has 0 radical (unpaired) electrons. The van der Waals surface area contributed by atoms with Gasteiger partial charge in [0.15, 0.2) is 0 Å². The van der Waals surface area contributed by atoms with E-state index in [0.29, 0.717) is 0 Å². The van der Waals surface area contributed by atoms with Gasteiger partial charge in [-0.1, -0.05) is 32.9 Å². The summed E-state index contributed by atoms with van der Waals surface area (Å²) >= 11 is 0. The van der Waals surface area contributed by atoms with Gasteiger partial charge in [0.2, 0.25) is 0 Å². The van der Waals surface area contributed by atoms with Crippen LogP contribution in [0.15, 0.2) is 36.8 Å². The Morgan fingerprint density at radius 3 is 2.61 bits per heavy atom. The number of ether oxygens (including phenoxy) is 1. The maximum Gasteiger partial charge on any atom is 0.128 e. The van der Waals surface area contributed by atoms with Crippen LogP contribution in [-0.2, 0) is 6.54 Å². The van der Waals surface area contributed by atoms with Crippen molar-refractivity contribution in [2.24, 2.45) is 5.41 Å². The molecular formula is C15H20N2O. The molecule has 0 unspecified atom stereocenters. The minimum atomic E-state index is 0.220. The van der Waals surface area contributed by atoms with Crippen molar-refractivity contribution in [2.45, 2.75) is 27.3 Å². The average Bonchev–Trinajstić information content (AvgIpc) is 2.74. The zero-order valence-electron chi connectivity index (χ0n) is 11.5. The van der Waals surface area contributed by atoms with Crippen molar-refractivity contribution in [2.75, 3.05) is 7.11 Å². The van der Waals surface area contributed by atoms with E-state index in [0.717, 1.165) is 23.6 Å². The Labute approximate surface area is 108 Å². The quantitative estimate of drug-likeness (QED) is 0.824. The van der Waals surface area contributed by atoms with Gasteiger partial charge in [0, 0.05) is 12.1 Å². The third kappa shape index (κ3) is 2.73. The number of rotatable bonds is 3. The first-order valence-electron chi connectivity index (χ1n) is 6.15. The first-order valence-corrected chi connectivity index (χ1v) is 6.15. The third-order valence-electron chi connectivity index (χ3n) is 2.74. The molecule has 1 aromatic carbocycles. The van der Waals surface area contributed by atoms with Crippen molar-refractivity contribution in [1.82, 2.24) is 9.55 Å². The van der Waals surface area contributed by atoms with E-state index in [1.54, 1.807) is 7.11 Å².